The van der Waals surface area contributed by atoms with E-state index in [4.69, 9.17) is 0 Å². The highest BCUT2D eigenvalue weighted by atomic mass is 16.3. The Morgan fingerprint density at radius 2 is 1.58 bits per heavy atom. The Hall–Kier alpha value is -0.600. The lowest BCUT2D eigenvalue weighted by Gasteiger charge is -2.24. The number of aliphatic hydroxyl groups excluding tert-OH is 1. The normalized spacial score (nSPS) is 15.0. The van der Waals surface area contributed by atoms with Crippen LogP contribution in [0.25, 0.3) is 0 Å². The van der Waals surface area contributed by atoms with Crippen LogP contribution in [0.3, 0.4) is 0 Å². The summed E-state index contributed by atoms with van der Waals surface area (Å²) in [7, 11) is 0. The van der Waals surface area contributed by atoms with Gasteiger partial charge in [0, 0.05) is 5.92 Å². The van der Waals surface area contributed by atoms with Gasteiger partial charge in [0.2, 0.25) is 0 Å². The monoisotopic (exact) mass is 366 g/mol. The fourth-order valence-electron chi connectivity index (χ4n) is 3.35. The first-order valence-electron chi connectivity index (χ1n) is 10.9. The molecule has 2 nitrogen and oxygen atoms in total. The molecular weight excluding hydrogens is 320 g/mol. The van der Waals surface area contributed by atoms with Crippen molar-refractivity contribution < 1.29 is 10.2 Å². The number of allylic oxidation sites excluding steroid dienone is 3. The van der Waals surface area contributed by atoms with E-state index < -0.39 is 5.60 Å². The zero-order chi connectivity index (χ0) is 20.0. The van der Waals surface area contributed by atoms with Crippen LogP contribution in [0, 0.1) is 5.92 Å². The van der Waals surface area contributed by atoms with Crippen molar-refractivity contribution >= 4 is 0 Å². The summed E-state index contributed by atoms with van der Waals surface area (Å²) in [6.07, 6.45) is 16.5. The second kappa shape index (κ2) is 14.5. The molecule has 0 heterocycles. The first-order chi connectivity index (χ1) is 12.2. The van der Waals surface area contributed by atoms with Gasteiger partial charge in [-0.15, -0.1) is 0 Å². The largest absolute Gasteiger partial charge is 0.392 e. The molecule has 0 saturated heterocycles. The number of hydrogen-bond donors (Lipinski definition) is 2. The fourth-order valence-corrected chi connectivity index (χ4v) is 3.35. The number of unbranched alkanes of at least 4 members (excludes halogenated alkanes) is 6. The molecule has 0 saturated carbocycles. The average molecular weight is 367 g/mol. The van der Waals surface area contributed by atoms with Crippen molar-refractivity contribution in [1.82, 2.24) is 0 Å². The van der Waals surface area contributed by atoms with Gasteiger partial charge in [-0.2, -0.15) is 0 Å². The molecule has 0 aliphatic rings. The predicted octanol–water partition coefficient (Wildman–Crippen LogP) is 6.96. The molecule has 0 aromatic carbocycles. The van der Waals surface area contributed by atoms with E-state index in [0.29, 0.717) is 0 Å². The second-order valence-corrected chi connectivity index (χ2v) is 8.90. The van der Waals surface area contributed by atoms with E-state index in [9.17, 15) is 10.2 Å². The SMILES string of the molecule is CCCCCCCC=C(C)C(CC=C(C)C)C(O)CCCCC(C)(C)O. The summed E-state index contributed by atoms with van der Waals surface area (Å²) in [4.78, 5) is 0. The van der Waals surface area contributed by atoms with E-state index in [-0.39, 0.29) is 12.0 Å². The summed E-state index contributed by atoms with van der Waals surface area (Å²) in [6.45, 7) is 12.4. The molecular formula is C24H46O2. The minimum Gasteiger partial charge on any atom is -0.392 e. The summed E-state index contributed by atoms with van der Waals surface area (Å²) < 4.78 is 0. The van der Waals surface area contributed by atoms with Crippen LogP contribution in [-0.2, 0) is 0 Å². The summed E-state index contributed by atoms with van der Waals surface area (Å²) >= 11 is 0. The number of aliphatic hydroxyl groups is 2. The highest BCUT2D eigenvalue weighted by molar-refractivity contribution is 5.09. The molecule has 2 atom stereocenters. The highest BCUT2D eigenvalue weighted by Crippen LogP contribution is 2.26. The smallest absolute Gasteiger partial charge is 0.0608 e. The Morgan fingerprint density at radius 3 is 2.15 bits per heavy atom. The Balaban J connectivity index is 4.53. The average Bonchev–Trinajstić information content (AvgIpc) is 2.53. The van der Waals surface area contributed by atoms with E-state index in [2.05, 4.69) is 39.8 Å². The fraction of sp³-hybridized carbons (Fsp3) is 0.833. The molecule has 0 aliphatic heterocycles. The van der Waals surface area contributed by atoms with Crippen LogP contribution < -0.4 is 0 Å². The maximum Gasteiger partial charge on any atom is 0.0608 e. The third-order valence-electron chi connectivity index (χ3n) is 5.14. The maximum atomic E-state index is 10.8. The van der Waals surface area contributed by atoms with Crippen molar-refractivity contribution in [3.8, 4) is 0 Å². The van der Waals surface area contributed by atoms with Crippen LogP contribution in [0.2, 0.25) is 0 Å². The third-order valence-corrected chi connectivity index (χ3v) is 5.14. The molecule has 0 bridgehead atoms. The summed E-state index contributed by atoms with van der Waals surface area (Å²) in [5.41, 5.74) is 2.06. The molecule has 154 valence electrons. The van der Waals surface area contributed by atoms with Crippen LogP contribution in [0.15, 0.2) is 23.3 Å². The van der Waals surface area contributed by atoms with Crippen molar-refractivity contribution in [1.29, 1.82) is 0 Å². The molecule has 0 aromatic heterocycles. The minimum absolute atomic E-state index is 0.225. The van der Waals surface area contributed by atoms with Crippen molar-refractivity contribution in [3.05, 3.63) is 23.3 Å². The summed E-state index contributed by atoms with van der Waals surface area (Å²) in [6, 6.07) is 0. The van der Waals surface area contributed by atoms with Crippen molar-refractivity contribution in [2.75, 3.05) is 0 Å². The summed E-state index contributed by atoms with van der Waals surface area (Å²) in [5, 5.41) is 20.6. The molecule has 0 spiro atoms. The van der Waals surface area contributed by atoms with Gasteiger partial charge in [-0.25, -0.2) is 0 Å². The van der Waals surface area contributed by atoms with Gasteiger partial charge in [0.1, 0.15) is 0 Å². The van der Waals surface area contributed by atoms with Crippen LogP contribution >= 0.6 is 0 Å². The predicted molar refractivity (Wildman–Crippen MR) is 115 cm³/mol. The molecule has 26 heavy (non-hydrogen) atoms. The Kier molecular flexibility index (Phi) is 14.1. The van der Waals surface area contributed by atoms with Gasteiger partial charge >= 0.3 is 0 Å². The zero-order valence-electron chi connectivity index (χ0n) is 18.5. The topological polar surface area (TPSA) is 40.5 Å². The van der Waals surface area contributed by atoms with E-state index in [0.717, 1.165) is 38.5 Å². The Bertz CT molecular complexity index is 397. The lowest BCUT2D eigenvalue weighted by Crippen LogP contribution is -2.22. The molecule has 2 unspecified atom stereocenters. The Labute approximate surface area is 163 Å². The van der Waals surface area contributed by atoms with Crippen LogP contribution in [0.1, 0.15) is 112 Å². The lowest BCUT2D eigenvalue weighted by atomic mass is 9.86. The molecule has 0 aliphatic carbocycles. The van der Waals surface area contributed by atoms with Crippen molar-refractivity contribution in [3.63, 3.8) is 0 Å². The van der Waals surface area contributed by atoms with E-state index in [1.165, 1.54) is 43.3 Å². The second-order valence-electron chi connectivity index (χ2n) is 8.90. The maximum absolute atomic E-state index is 10.8. The first-order valence-corrected chi connectivity index (χ1v) is 10.9. The zero-order valence-corrected chi connectivity index (χ0v) is 18.5. The van der Waals surface area contributed by atoms with Crippen LogP contribution in [-0.4, -0.2) is 21.9 Å². The molecule has 0 rings (SSSR count). The van der Waals surface area contributed by atoms with E-state index in [1.807, 2.05) is 13.8 Å². The summed E-state index contributed by atoms with van der Waals surface area (Å²) in [5.74, 6) is 0.225. The molecule has 0 aromatic rings. The standard InChI is InChI=1S/C24H46O2/c1-7-8-9-10-11-12-15-21(4)22(18-17-20(2)3)23(25)16-13-14-19-24(5,6)26/h15,17,22-23,25-26H,7-14,16,18-19H2,1-6H3. The first kappa shape index (κ1) is 25.4. The third kappa shape index (κ3) is 14.6. The van der Waals surface area contributed by atoms with Crippen LogP contribution in [0.5, 0.6) is 0 Å². The quantitative estimate of drug-likeness (QED) is 0.243. The van der Waals surface area contributed by atoms with Gasteiger partial charge in [0.05, 0.1) is 11.7 Å². The van der Waals surface area contributed by atoms with Gasteiger partial charge in [0.15, 0.2) is 0 Å². The van der Waals surface area contributed by atoms with Gasteiger partial charge in [-0.1, -0.05) is 68.7 Å². The van der Waals surface area contributed by atoms with E-state index >= 15 is 0 Å². The van der Waals surface area contributed by atoms with Crippen LogP contribution in [0.4, 0.5) is 0 Å². The van der Waals surface area contributed by atoms with Gasteiger partial charge in [-0.05, 0) is 66.7 Å². The van der Waals surface area contributed by atoms with Crippen molar-refractivity contribution in [2.24, 2.45) is 5.92 Å². The number of hydrogen-bond acceptors (Lipinski definition) is 2. The van der Waals surface area contributed by atoms with Gasteiger partial charge in [0.25, 0.3) is 0 Å². The van der Waals surface area contributed by atoms with Gasteiger partial charge < -0.3 is 10.2 Å². The van der Waals surface area contributed by atoms with Crippen molar-refractivity contribution in [2.45, 2.75) is 124 Å². The van der Waals surface area contributed by atoms with Gasteiger partial charge in [-0.3, -0.25) is 0 Å². The lowest BCUT2D eigenvalue weighted by molar-refractivity contribution is 0.0640. The molecule has 2 heteroatoms. The molecule has 0 radical (unpaired) electrons. The minimum atomic E-state index is -0.597. The molecule has 0 amide bonds. The highest BCUT2D eigenvalue weighted by Gasteiger charge is 2.20. The Morgan fingerprint density at radius 1 is 0.923 bits per heavy atom. The number of rotatable bonds is 15. The molecule has 2 N–H and O–H groups in total. The molecule has 0 fully saturated rings. The van der Waals surface area contributed by atoms with E-state index in [1.54, 1.807) is 0 Å².